The first-order valence-electron chi connectivity index (χ1n) is 6.68. The second-order valence-electron chi connectivity index (χ2n) is 5.13. The predicted molar refractivity (Wildman–Crippen MR) is 72.2 cm³/mol. The number of aromatic nitrogens is 1. The van der Waals surface area contributed by atoms with Crippen LogP contribution in [0.4, 0.5) is 5.82 Å². The average Bonchev–Trinajstić information content (AvgIpc) is 3.10. The SMILES string of the molecule is CCCN(c1ccc(CC(C)N)cn1)C1CC1. The Morgan fingerprint density at radius 3 is 2.71 bits per heavy atom. The van der Waals surface area contributed by atoms with Crippen LogP contribution in [0.3, 0.4) is 0 Å². The third kappa shape index (κ3) is 3.43. The lowest BCUT2D eigenvalue weighted by Gasteiger charge is -2.23. The van der Waals surface area contributed by atoms with Crippen LogP contribution in [-0.4, -0.2) is 23.6 Å². The van der Waals surface area contributed by atoms with Crippen LogP contribution in [0.1, 0.15) is 38.7 Å². The summed E-state index contributed by atoms with van der Waals surface area (Å²) in [6.45, 7) is 5.37. The summed E-state index contributed by atoms with van der Waals surface area (Å²) in [4.78, 5) is 7.02. The molecule has 0 amide bonds. The molecule has 2 rings (SSSR count). The molecule has 94 valence electrons. The van der Waals surface area contributed by atoms with Crippen molar-refractivity contribution >= 4 is 5.82 Å². The monoisotopic (exact) mass is 233 g/mol. The fourth-order valence-corrected chi connectivity index (χ4v) is 2.19. The van der Waals surface area contributed by atoms with Crippen LogP contribution in [-0.2, 0) is 6.42 Å². The van der Waals surface area contributed by atoms with E-state index in [1.807, 2.05) is 13.1 Å². The molecule has 1 fully saturated rings. The number of anilines is 1. The molecule has 1 aliphatic rings. The van der Waals surface area contributed by atoms with E-state index in [0.29, 0.717) is 0 Å². The van der Waals surface area contributed by atoms with Crippen LogP contribution in [0.2, 0.25) is 0 Å². The normalized spacial score (nSPS) is 16.9. The Labute approximate surface area is 104 Å². The maximum atomic E-state index is 5.79. The lowest BCUT2D eigenvalue weighted by Crippen LogP contribution is -2.27. The summed E-state index contributed by atoms with van der Waals surface area (Å²) in [7, 11) is 0. The largest absolute Gasteiger partial charge is 0.354 e. The van der Waals surface area contributed by atoms with Crippen molar-refractivity contribution in [3.05, 3.63) is 23.9 Å². The van der Waals surface area contributed by atoms with Crippen molar-refractivity contribution < 1.29 is 0 Å². The van der Waals surface area contributed by atoms with Gasteiger partial charge in [-0.15, -0.1) is 0 Å². The van der Waals surface area contributed by atoms with Gasteiger partial charge in [0.05, 0.1) is 0 Å². The molecule has 1 saturated carbocycles. The molecule has 0 bridgehead atoms. The van der Waals surface area contributed by atoms with E-state index in [1.54, 1.807) is 0 Å². The van der Waals surface area contributed by atoms with Crippen molar-refractivity contribution in [2.75, 3.05) is 11.4 Å². The van der Waals surface area contributed by atoms with Gasteiger partial charge in [-0.25, -0.2) is 4.98 Å². The summed E-state index contributed by atoms with van der Waals surface area (Å²) in [6, 6.07) is 5.25. The van der Waals surface area contributed by atoms with E-state index in [4.69, 9.17) is 5.73 Å². The minimum absolute atomic E-state index is 0.206. The molecule has 0 saturated heterocycles. The van der Waals surface area contributed by atoms with Crippen molar-refractivity contribution in [2.24, 2.45) is 5.73 Å². The topological polar surface area (TPSA) is 42.1 Å². The molecule has 1 aliphatic carbocycles. The second kappa shape index (κ2) is 5.50. The van der Waals surface area contributed by atoms with Crippen LogP contribution < -0.4 is 10.6 Å². The maximum Gasteiger partial charge on any atom is 0.128 e. The summed E-state index contributed by atoms with van der Waals surface area (Å²) in [6.07, 6.45) is 6.71. The third-order valence-electron chi connectivity index (χ3n) is 3.11. The zero-order valence-electron chi connectivity index (χ0n) is 10.9. The lowest BCUT2D eigenvalue weighted by atomic mass is 10.1. The first kappa shape index (κ1) is 12.4. The highest BCUT2D eigenvalue weighted by atomic mass is 15.2. The summed E-state index contributed by atoms with van der Waals surface area (Å²) in [5.41, 5.74) is 7.02. The van der Waals surface area contributed by atoms with E-state index in [0.717, 1.165) is 24.8 Å². The zero-order chi connectivity index (χ0) is 12.3. The van der Waals surface area contributed by atoms with E-state index in [-0.39, 0.29) is 6.04 Å². The van der Waals surface area contributed by atoms with E-state index in [9.17, 15) is 0 Å². The molecule has 2 N–H and O–H groups in total. The van der Waals surface area contributed by atoms with Crippen molar-refractivity contribution in [3.8, 4) is 0 Å². The maximum absolute atomic E-state index is 5.79. The molecule has 1 aromatic rings. The molecule has 3 heteroatoms. The number of nitrogens with two attached hydrogens (primary N) is 1. The van der Waals surface area contributed by atoms with Gasteiger partial charge in [0.2, 0.25) is 0 Å². The van der Waals surface area contributed by atoms with Crippen LogP contribution in [0.15, 0.2) is 18.3 Å². The van der Waals surface area contributed by atoms with Crippen LogP contribution >= 0.6 is 0 Å². The fraction of sp³-hybridized carbons (Fsp3) is 0.643. The number of pyridine rings is 1. The standard InChI is InChI=1S/C14H23N3/c1-3-8-17(13-5-6-13)14-7-4-12(10-16-14)9-11(2)15/h4,7,10-11,13H,3,5-6,8-9,15H2,1-2H3. The number of hydrogen-bond donors (Lipinski definition) is 1. The predicted octanol–water partition coefficient (Wildman–Crippen LogP) is 2.35. The highest BCUT2D eigenvalue weighted by Gasteiger charge is 2.29. The summed E-state index contributed by atoms with van der Waals surface area (Å²) >= 11 is 0. The summed E-state index contributed by atoms with van der Waals surface area (Å²) < 4.78 is 0. The molecular weight excluding hydrogens is 210 g/mol. The Balaban J connectivity index is 2.04. The Hall–Kier alpha value is -1.09. The first-order valence-corrected chi connectivity index (χ1v) is 6.68. The molecule has 1 aromatic heterocycles. The van der Waals surface area contributed by atoms with Gasteiger partial charge in [0.1, 0.15) is 5.82 Å². The van der Waals surface area contributed by atoms with E-state index in [2.05, 4.69) is 28.9 Å². The average molecular weight is 233 g/mol. The Kier molecular flexibility index (Phi) is 4.00. The molecule has 17 heavy (non-hydrogen) atoms. The van der Waals surface area contributed by atoms with Crippen LogP contribution in [0.25, 0.3) is 0 Å². The molecule has 1 atom stereocenters. The Morgan fingerprint density at radius 1 is 1.47 bits per heavy atom. The van der Waals surface area contributed by atoms with Crippen LogP contribution in [0, 0.1) is 0 Å². The Morgan fingerprint density at radius 2 is 2.24 bits per heavy atom. The Bertz CT molecular complexity index is 341. The zero-order valence-corrected chi connectivity index (χ0v) is 10.9. The lowest BCUT2D eigenvalue weighted by molar-refractivity contribution is 0.729. The fourth-order valence-electron chi connectivity index (χ4n) is 2.19. The minimum Gasteiger partial charge on any atom is -0.354 e. The highest BCUT2D eigenvalue weighted by Crippen LogP contribution is 2.30. The molecule has 3 nitrogen and oxygen atoms in total. The van der Waals surface area contributed by atoms with E-state index < -0.39 is 0 Å². The first-order chi connectivity index (χ1) is 8.20. The molecule has 1 heterocycles. The molecule has 0 aliphatic heterocycles. The quantitative estimate of drug-likeness (QED) is 0.820. The number of rotatable bonds is 6. The van der Waals surface area contributed by atoms with Gasteiger partial charge in [0.15, 0.2) is 0 Å². The minimum atomic E-state index is 0.206. The third-order valence-corrected chi connectivity index (χ3v) is 3.11. The van der Waals surface area contributed by atoms with Gasteiger partial charge in [0, 0.05) is 24.8 Å². The van der Waals surface area contributed by atoms with Gasteiger partial charge in [-0.1, -0.05) is 13.0 Å². The van der Waals surface area contributed by atoms with Gasteiger partial charge in [-0.3, -0.25) is 0 Å². The summed E-state index contributed by atoms with van der Waals surface area (Å²) in [5, 5.41) is 0. The van der Waals surface area contributed by atoms with Crippen LogP contribution in [0.5, 0.6) is 0 Å². The van der Waals surface area contributed by atoms with E-state index >= 15 is 0 Å². The molecule has 1 unspecified atom stereocenters. The van der Waals surface area contributed by atoms with Gasteiger partial charge >= 0.3 is 0 Å². The molecule has 0 aromatic carbocycles. The van der Waals surface area contributed by atoms with Crippen molar-refractivity contribution in [2.45, 2.75) is 51.6 Å². The van der Waals surface area contributed by atoms with Crippen molar-refractivity contribution in [3.63, 3.8) is 0 Å². The number of nitrogens with zero attached hydrogens (tertiary/aromatic N) is 2. The van der Waals surface area contributed by atoms with Gasteiger partial charge < -0.3 is 10.6 Å². The van der Waals surface area contributed by atoms with Crippen molar-refractivity contribution in [1.82, 2.24) is 4.98 Å². The van der Waals surface area contributed by atoms with Crippen molar-refractivity contribution in [1.29, 1.82) is 0 Å². The second-order valence-corrected chi connectivity index (χ2v) is 5.13. The smallest absolute Gasteiger partial charge is 0.128 e. The number of hydrogen-bond acceptors (Lipinski definition) is 3. The van der Waals surface area contributed by atoms with Gasteiger partial charge in [-0.2, -0.15) is 0 Å². The van der Waals surface area contributed by atoms with Gasteiger partial charge in [0.25, 0.3) is 0 Å². The van der Waals surface area contributed by atoms with Gasteiger partial charge in [-0.05, 0) is 44.2 Å². The molecular formula is C14H23N3. The molecule has 0 spiro atoms. The highest BCUT2D eigenvalue weighted by molar-refractivity contribution is 5.42. The molecule has 0 radical (unpaired) electrons. The van der Waals surface area contributed by atoms with E-state index in [1.165, 1.54) is 24.8 Å². The summed E-state index contributed by atoms with van der Waals surface area (Å²) in [5.74, 6) is 1.13.